The maximum Gasteiger partial charge on any atom is 0.261 e. The van der Waals surface area contributed by atoms with E-state index in [0.29, 0.717) is 34.6 Å². The summed E-state index contributed by atoms with van der Waals surface area (Å²) in [7, 11) is 0. The first kappa shape index (κ1) is 17.6. The second-order valence-electron chi connectivity index (χ2n) is 5.39. The Kier molecular flexibility index (Phi) is 5.78. The van der Waals surface area contributed by atoms with Crippen molar-refractivity contribution in [3.05, 3.63) is 45.1 Å². The number of benzene rings is 1. The van der Waals surface area contributed by atoms with Gasteiger partial charge in [-0.25, -0.2) is 0 Å². The quantitative estimate of drug-likeness (QED) is 0.836. The molecule has 1 aliphatic heterocycles. The molecule has 2 aromatic rings. The molecule has 0 radical (unpaired) electrons. The molecular formula is C17H17ClN2O4S. The molecule has 1 aliphatic rings. The van der Waals surface area contributed by atoms with Crippen LogP contribution in [-0.2, 0) is 11.3 Å². The zero-order valence-electron chi connectivity index (χ0n) is 13.3. The van der Waals surface area contributed by atoms with Crippen molar-refractivity contribution in [1.82, 2.24) is 10.6 Å². The molecule has 6 nitrogen and oxygen atoms in total. The number of ether oxygens (including phenoxy) is 2. The molecule has 0 fully saturated rings. The van der Waals surface area contributed by atoms with Crippen LogP contribution in [-0.4, -0.2) is 31.6 Å². The molecule has 1 aromatic heterocycles. The van der Waals surface area contributed by atoms with E-state index < -0.39 is 0 Å². The molecule has 8 heteroatoms. The Morgan fingerprint density at radius 1 is 1.20 bits per heavy atom. The summed E-state index contributed by atoms with van der Waals surface area (Å²) in [5, 5.41) is 7.59. The van der Waals surface area contributed by atoms with Gasteiger partial charge in [-0.05, 0) is 29.1 Å². The van der Waals surface area contributed by atoms with Crippen LogP contribution in [0.4, 0.5) is 0 Å². The van der Waals surface area contributed by atoms with E-state index in [2.05, 4.69) is 10.6 Å². The fourth-order valence-corrected chi connectivity index (χ4v) is 3.23. The van der Waals surface area contributed by atoms with E-state index in [1.807, 2.05) is 5.38 Å². The van der Waals surface area contributed by atoms with Crippen LogP contribution in [0.3, 0.4) is 0 Å². The van der Waals surface area contributed by atoms with E-state index in [4.69, 9.17) is 21.1 Å². The van der Waals surface area contributed by atoms with Crippen LogP contribution in [0.1, 0.15) is 21.7 Å². The van der Waals surface area contributed by atoms with Gasteiger partial charge in [0.15, 0.2) is 11.5 Å². The molecule has 0 saturated carbocycles. The van der Waals surface area contributed by atoms with Crippen LogP contribution in [0, 0.1) is 0 Å². The number of thiophene rings is 1. The molecule has 2 N–H and O–H groups in total. The van der Waals surface area contributed by atoms with Gasteiger partial charge in [-0.1, -0.05) is 17.7 Å². The van der Waals surface area contributed by atoms with Gasteiger partial charge in [-0.15, -0.1) is 11.3 Å². The van der Waals surface area contributed by atoms with Crippen molar-refractivity contribution in [2.45, 2.75) is 13.0 Å². The van der Waals surface area contributed by atoms with Gasteiger partial charge in [-0.3, -0.25) is 9.59 Å². The zero-order valence-corrected chi connectivity index (χ0v) is 14.9. The highest BCUT2D eigenvalue weighted by atomic mass is 35.5. The Balaban J connectivity index is 1.53. The standard InChI is InChI=1S/C17H17ClN2O4S/c18-12-7-11(8-13-16(12)24-5-2-4-23-13)9-19-15(21)10-20-17(22)14-3-1-6-25-14/h1,3,6-8H,2,4-5,9-10H2,(H,19,21)(H,20,22). The summed E-state index contributed by atoms with van der Waals surface area (Å²) in [4.78, 5) is 24.3. The topological polar surface area (TPSA) is 76.7 Å². The molecule has 0 unspecified atom stereocenters. The Morgan fingerprint density at radius 2 is 2.04 bits per heavy atom. The average molecular weight is 381 g/mol. The van der Waals surface area contributed by atoms with Gasteiger partial charge in [0, 0.05) is 13.0 Å². The summed E-state index contributed by atoms with van der Waals surface area (Å²) in [6.45, 7) is 1.32. The first-order valence-corrected chi connectivity index (χ1v) is 9.05. The third kappa shape index (κ3) is 4.64. The predicted molar refractivity (Wildman–Crippen MR) is 95.6 cm³/mol. The van der Waals surface area contributed by atoms with E-state index in [-0.39, 0.29) is 24.9 Å². The first-order chi connectivity index (χ1) is 12.1. The molecule has 3 rings (SSSR count). The highest BCUT2D eigenvalue weighted by Gasteiger charge is 2.16. The van der Waals surface area contributed by atoms with Gasteiger partial charge >= 0.3 is 0 Å². The Labute approximate surface area is 154 Å². The lowest BCUT2D eigenvalue weighted by Crippen LogP contribution is -2.36. The summed E-state index contributed by atoms with van der Waals surface area (Å²) in [5.74, 6) is 0.578. The smallest absolute Gasteiger partial charge is 0.261 e. The van der Waals surface area contributed by atoms with Crippen LogP contribution < -0.4 is 20.1 Å². The third-order valence-electron chi connectivity index (χ3n) is 3.51. The van der Waals surface area contributed by atoms with Gasteiger partial charge in [0.2, 0.25) is 5.91 Å². The number of carbonyl (C=O) groups excluding carboxylic acids is 2. The summed E-state index contributed by atoms with van der Waals surface area (Å²) in [6, 6.07) is 7.03. The number of rotatable bonds is 5. The highest BCUT2D eigenvalue weighted by Crippen LogP contribution is 2.37. The number of hydrogen-bond donors (Lipinski definition) is 2. The van der Waals surface area contributed by atoms with Crippen LogP contribution in [0.25, 0.3) is 0 Å². The van der Waals surface area contributed by atoms with E-state index in [9.17, 15) is 9.59 Å². The second kappa shape index (κ2) is 8.22. The number of hydrogen-bond acceptors (Lipinski definition) is 5. The monoisotopic (exact) mass is 380 g/mol. The Hall–Kier alpha value is -2.25. The molecule has 0 saturated heterocycles. The van der Waals surface area contributed by atoms with Crippen molar-refractivity contribution in [3.8, 4) is 11.5 Å². The highest BCUT2D eigenvalue weighted by molar-refractivity contribution is 7.12. The zero-order chi connectivity index (χ0) is 17.6. The molecule has 25 heavy (non-hydrogen) atoms. The number of amides is 2. The summed E-state index contributed by atoms with van der Waals surface area (Å²) >= 11 is 7.55. The molecule has 0 atom stereocenters. The molecule has 0 bridgehead atoms. The van der Waals surface area contributed by atoms with Gasteiger partial charge in [0.25, 0.3) is 5.91 Å². The molecule has 2 heterocycles. The Morgan fingerprint density at radius 3 is 2.84 bits per heavy atom. The predicted octanol–water partition coefficient (Wildman–Crippen LogP) is 2.61. The van der Waals surface area contributed by atoms with Gasteiger partial charge in [0.1, 0.15) is 0 Å². The van der Waals surface area contributed by atoms with Crippen LogP contribution in [0.5, 0.6) is 11.5 Å². The maximum atomic E-state index is 11.9. The largest absolute Gasteiger partial charge is 0.489 e. The fourth-order valence-electron chi connectivity index (χ4n) is 2.30. The minimum Gasteiger partial charge on any atom is -0.489 e. The van der Waals surface area contributed by atoms with Crippen LogP contribution in [0.15, 0.2) is 29.6 Å². The molecule has 2 amide bonds. The number of carbonyl (C=O) groups is 2. The third-order valence-corrected chi connectivity index (χ3v) is 4.66. The van der Waals surface area contributed by atoms with E-state index >= 15 is 0 Å². The second-order valence-corrected chi connectivity index (χ2v) is 6.75. The van der Waals surface area contributed by atoms with Gasteiger partial charge < -0.3 is 20.1 Å². The summed E-state index contributed by atoms with van der Waals surface area (Å²) in [6.07, 6.45) is 0.793. The van der Waals surface area contributed by atoms with Crippen molar-refractivity contribution in [2.24, 2.45) is 0 Å². The van der Waals surface area contributed by atoms with Crippen LogP contribution in [0.2, 0.25) is 5.02 Å². The molecule has 1 aromatic carbocycles. The first-order valence-electron chi connectivity index (χ1n) is 7.80. The van der Waals surface area contributed by atoms with Crippen molar-refractivity contribution in [2.75, 3.05) is 19.8 Å². The molecule has 0 spiro atoms. The minimum absolute atomic E-state index is 0.0883. The SMILES string of the molecule is O=C(CNC(=O)c1cccs1)NCc1cc(Cl)c2c(c1)OCCCO2. The maximum absolute atomic E-state index is 11.9. The number of fused-ring (bicyclic) bond motifs is 1. The van der Waals surface area contributed by atoms with E-state index in [0.717, 1.165) is 12.0 Å². The minimum atomic E-state index is -0.284. The normalized spacial score (nSPS) is 13.0. The summed E-state index contributed by atoms with van der Waals surface area (Å²) in [5.41, 5.74) is 0.798. The lowest BCUT2D eigenvalue weighted by molar-refractivity contribution is -0.120. The number of nitrogens with one attached hydrogen (secondary N) is 2. The number of halogens is 1. The van der Waals surface area contributed by atoms with Crippen molar-refractivity contribution in [1.29, 1.82) is 0 Å². The lowest BCUT2D eigenvalue weighted by Gasteiger charge is -2.12. The molecule has 0 aliphatic carbocycles. The Bertz CT molecular complexity index is 764. The van der Waals surface area contributed by atoms with Crippen molar-refractivity contribution < 1.29 is 19.1 Å². The molecule has 132 valence electrons. The summed E-state index contributed by atoms with van der Waals surface area (Å²) < 4.78 is 11.2. The lowest BCUT2D eigenvalue weighted by atomic mass is 10.2. The average Bonchev–Trinajstić information content (AvgIpc) is 3.04. The van der Waals surface area contributed by atoms with E-state index in [1.54, 1.807) is 24.3 Å². The van der Waals surface area contributed by atoms with Gasteiger partial charge in [-0.2, -0.15) is 0 Å². The van der Waals surface area contributed by atoms with Gasteiger partial charge in [0.05, 0.1) is 29.7 Å². The van der Waals surface area contributed by atoms with Crippen molar-refractivity contribution >= 4 is 34.8 Å². The fraction of sp³-hybridized carbons (Fsp3) is 0.294. The van der Waals surface area contributed by atoms with Crippen LogP contribution >= 0.6 is 22.9 Å². The molecular weight excluding hydrogens is 364 g/mol. The van der Waals surface area contributed by atoms with E-state index in [1.165, 1.54) is 11.3 Å². The van der Waals surface area contributed by atoms with Crippen molar-refractivity contribution in [3.63, 3.8) is 0 Å².